The number of aromatic nitrogens is 3. The number of fused-ring (bicyclic) bond motifs is 1. The lowest BCUT2D eigenvalue weighted by molar-refractivity contribution is -0.116. The van der Waals surface area contributed by atoms with E-state index in [0.717, 1.165) is 11.0 Å². The summed E-state index contributed by atoms with van der Waals surface area (Å²) in [4.78, 5) is 24.0. The summed E-state index contributed by atoms with van der Waals surface area (Å²) in [7, 11) is 1.32. The first-order chi connectivity index (χ1) is 11.6. The Labute approximate surface area is 138 Å². The zero-order valence-electron chi connectivity index (χ0n) is 13.3. The molecule has 3 aromatic rings. The molecule has 0 unspecified atom stereocenters. The zero-order valence-corrected chi connectivity index (χ0v) is 13.3. The Bertz CT molecular complexity index is 917. The van der Waals surface area contributed by atoms with Gasteiger partial charge in [-0.15, -0.1) is 5.10 Å². The van der Waals surface area contributed by atoms with Gasteiger partial charge in [0.15, 0.2) is 0 Å². The number of ether oxygens (including phenoxy) is 1. The van der Waals surface area contributed by atoms with Gasteiger partial charge in [-0.3, -0.25) is 4.79 Å². The van der Waals surface area contributed by atoms with Gasteiger partial charge in [0.05, 0.1) is 18.2 Å². The predicted octanol–water partition coefficient (Wildman–Crippen LogP) is 2.17. The summed E-state index contributed by atoms with van der Waals surface area (Å²) in [5, 5.41) is 10.8. The molecule has 7 nitrogen and oxygen atoms in total. The lowest BCUT2D eigenvalue weighted by Gasteiger charge is -2.11. The van der Waals surface area contributed by atoms with E-state index >= 15 is 0 Å². The van der Waals surface area contributed by atoms with Crippen LogP contribution in [0.3, 0.4) is 0 Å². The molecule has 0 atom stereocenters. The van der Waals surface area contributed by atoms with Gasteiger partial charge in [-0.05, 0) is 36.8 Å². The normalized spacial score (nSPS) is 10.6. The minimum Gasteiger partial charge on any atom is -0.465 e. The van der Waals surface area contributed by atoms with Crippen molar-refractivity contribution in [3.8, 4) is 0 Å². The molecule has 0 aliphatic carbocycles. The molecule has 1 amide bonds. The van der Waals surface area contributed by atoms with Crippen molar-refractivity contribution in [2.45, 2.75) is 13.5 Å². The minimum absolute atomic E-state index is 0.0302. The van der Waals surface area contributed by atoms with Crippen LogP contribution in [0.2, 0.25) is 0 Å². The summed E-state index contributed by atoms with van der Waals surface area (Å²) in [6.45, 7) is 1.79. The molecule has 0 radical (unpaired) electrons. The average Bonchev–Trinajstić information content (AvgIpc) is 2.99. The second-order valence-corrected chi connectivity index (χ2v) is 5.25. The van der Waals surface area contributed by atoms with Crippen molar-refractivity contribution >= 4 is 28.6 Å². The highest BCUT2D eigenvalue weighted by molar-refractivity contribution is 5.96. The topological polar surface area (TPSA) is 86.1 Å². The number of nitrogens with one attached hydrogen (secondary N) is 1. The molecule has 2 aromatic carbocycles. The number of anilines is 1. The molecule has 0 spiro atoms. The fraction of sp³-hybridized carbons (Fsp3) is 0.176. The van der Waals surface area contributed by atoms with Crippen LogP contribution in [0.1, 0.15) is 15.9 Å². The van der Waals surface area contributed by atoms with Crippen LogP contribution in [0.25, 0.3) is 11.0 Å². The van der Waals surface area contributed by atoms with Crippen molar-refractivity contribution < 1.29 is 14.3 Å². The minimum atomic E-state index is -0.439. The third-order valence-corrected chi connectivity index (χ3v) is 3.73. The third-order valence-electron chi connectivity index (χ3n) is 3.73. The zero-order chi connectivity index (χ0) is 17.1. The molecule has 0 aliphatic rings. The summed E-state index contributed by atoms with van der Waals surface area (Å²) in [6, 6.07) is 12.5. The van der Waals surface area contributed by atoms with Crippen LogP contribution >= 0.6 is 0 Å². The summed E-state index contributed by atoms with van der Waals surface area (Å²) in [5.74, 6) is -0.693. The number of methoxy groups -OCH3 is 1. The van der Waals surface area contributed by atoms with Crippen LogP contribution in [0, 0.1) is 6.92 Å². The molecule has 0 saturated heterocycles. The summed E-state index contributed by atoms with van der Waals surface area (Å²) in [5.41, 5.74) is 3.15. The lowest BCUT2D eigenvalue weighted by atomic mass is 10.1. The molecule has 24 heavy (non-hydrogen) atoms. The first kappa shape index (κ1) is 15.7. The van der Waals surface area contributed by atoms with Gasteiger partial charge in [0.2, 0.25) is 5.91 Å². The number of hydrogen-bond acceptors (Lipinski definition) is 5. The van der Waals surface area contributed by atoms with Gasteiger partial charge in [0.1, 0.15) is 12.1 Å². The predicted molar refractivity (Wildman–Crippen MR) is 88.7 cm³/mol. The Morgan fingerprint density at radius 3 is 2.75 bits per heavy atom. The quantitative estimate of drug-likeness (QED) is 0.743. The van der Waals surface area contributed by atoms with E-state index in [0.29, 0.717) is 16.8 Å². The average molecular weight is 324 g/mol. The van der Waals surface area contributed by atoms with Crippen molar-refractivity contribution in [1.82, 2.24) is 15.0 Å². The molecule has 1 N–H and O–H groups in total. The van der Waals surface area contributed by atoms with Crippen LogP contribution < -0.4 is 5.32 Å². The Balaban J connectivity index is 1.79. The SMILES string of the molecule is COC(=O)c1cccc(NC(=O)Cn2nnc3ccccc32)c1C. The molecule has 0 fully saturated rings. The molecular weight excluding hydrogens is 308 g/mol. The standard InChI is InChI=1S/C17H16N4O3/c1-11-12(17(23)24-2)6-5-8-13(11)18-16(22)10-21-15-9-4-3-7-14(15)19-20-21/h3-9H,10H2,1-2H3,(H,18,22). The second-order valence-electron chi connectivity index (χ2n) is 5.25. The highest BCUT2D eigenvalue weighted by Gasteiger charge is 2.14. The fourth-order valence-electron chi connectivity index (χ4n) is 2.46. The fourth-order valence-corrected chi connectivity index (χ4v) is 2.46. The van der Waals surface area contributed by atoms with E-state index in [4.69, 9.17) is 4.74 Å². The highest BCUT2D eigenvalue weighted by atomic mass is 16.5. The van der Waals surface area contributed by atoms with Gasteiger partial charge < -0.3 is 10.1 Å². The lowest BCUT2D eigenvalue weighted by Crippen LogP contribution is -2.20. The molecule has 122 valence electrons. The van der Waals surface area contributed by atoms with Crippen molar-refractivity contribution in [3.05, 3.63) is 53.6 Å². The smallest absolute Gasteiger partial charge is 0.338 e. The van der Waals surface area contributed by atoms with Crippen LogP contribution in [-0.2, 0) is 16.1 Å². The van der Waals surface area contributed by atoms with Gasteiger partial charge >= 0.3 is 5.97 Å². The molecule has 1 heterocycles. The van der Waals surface area contributed by atoms with E-state index < -0.39 is 5.97 Å². The van der Waals surface area contributed by atoms with E-state index in [1.165, 1.54) is 11.8 Å². The van der Waals surface area contributed by atoms with Crippen molar-refractivity contribution in [2.75, 3.05) is 12.4 Å². The maximum atomic E-state index is 12.3. The first-order valence-electron chi connectivity index (χ1n) is 7.36. The number of carbonyl (C=O) groups excluding carboxylic acids is 2. The highest BCUT2D eigenvalue weighted by Crippen LogP contribution is 2.20. The maximum absolute atomic E-state index is 12.3. The Hall–Kier alpha value is -3.22. The molecule has 7 heteroatoms. The van der Waals surface area contributed by atoms with E-state index in [-0.39, 0.29) is 12.5 Å². The summed E-state index contributed by atoms with van der Waals surface area (Å²) < 4.78 is 6.27. The molecule has 0 saturated carbocycles. The third kappa shape index (κ3) is 2.96. The van der Waals surface area contributed by atoms with Gasteiger partial charge in [0.25, 0.3) is 0 Å². The molecular formula is C17H16N4O3. The Kier molecular flexibility index (Phi) is 4.24. The number of para-hydroxylation sites is 1. The summed E-state index contributed by atoms with van der Waals surface area (Å²) >= 11 is 0. The van der Waals surface area contributed by atoms with E-state index in [2.05, 4.69) is 15.6 Å². The van der Waals surface area contributed by atoms with Gasteiger partial charge in [-0.1, -0.05) is 23.4 Å². The molecule has 3 rings (SSSR count). The van der Waals surface area contributed by atoms with Crippen molar-refractivity contribution in [2.24, 2.45) is 0 Å². The van der Waals surface area contributed by atoms with Crippen LogP contribution in [-0.4, -0.2) is 34.0 Å². The van der Waals surface area contributed by atoms with Gasteiger partial charge in [-0.2, -0.15) is 0 Å². The number of benzene rings is 2. The molecule has 0 aliphatic heterocycles. The summed E-state index contributed by atoms with van der Waals surface area (Å²) in [6.07, 6.45) is 0. The number of esters is 1. The maximum Gasteiger partial charge on any atom is 0.338 e. The monoisotopic (exact) mass is 324 g/mol. The van der Waals surface area contributed by atoms with Gasteiger partial charge in [0, 0.05) is 5.69 Å². The van der Waals surface area contributed by atoms with Crippen LogP contribution in [0.15, 0.2) is 42.5 Å². The van der Waals surface area contributed by atoms with Gasteiger partial charge in [-0.25, -0.2) is 9.48 Å². The molecule has 1 aromatic heterocycles. The Morgan fingerprint density at radius 1 is 1.17 bits per heavy atom. The second kappa shape index (κ2) is 6.49. The van der Waals surface area contributed by atoms with Crippen LogP contribution in [0.4, 0.5) is 5.69 Å². The number of carbonyl (C=O) groups is 2. The van der Waals surface area contributed by atoms with Crippen molar-refractivity contribution in [1.29, 1.82) is 0 Å². The van der Waals surface area contributed by atoms with Crippen molar-refractivity contribution in [3.63, 3.8) is 0 Å². The van der Waals surface area contributed by atoms with E-state index in [1.807, 2.05) is 24.3 Å². The number of hydrogen-bond donors (Lipinski definition) is 1. The number of rotatable bonds is 4. The van der Waals surface area contributed by atoms with E-state index in [9.17, 15) is 9.59 Å². The molecule has 0 bridgehead atoms. The largest absolute Gasteiger partial charge is 0.465 e. The number of amides is 1. The Morgan fingerprint density at radius 2 is 1.96 bits per heavy atom. The first-order valence-corrected chi connectivity index (χ1v) is 7.36. The van der Waals surface area contributed by atoms with Crippen LogP contribution in [0.5, 0.6) is 0 Å². The van der Waals surface area contributed by atoms with E-state index in [1.54, 1.807) is 25.1 Å². The number of nitrogens with zero attached hydrogens (tertiary/aromatic N) is 3.